The maximum atomic E-state index is 6.11. The summed E-state index contributed by atoms with van der Waals surface area (Å²) in [6.07, 6.45) is 1.79. The lowest BCUT2D eigenvalue weighted by atomic mass is 10.2. The number of pyridine rings is 1. The normalized spacial score (nSPS) is 11.8. The first kappa shape index (κ1) is 13.0. The van der Waals surface area contributed by atoms with E-state index >= 15 is 0 Å². The fourth-order valence-corrected chi connectivity index (χ4v) is 3.87. The van der Waals surface area contributed by atoms with Crippen LogP contribution < -0.4 is 4.43 Å². The smallest absolute Gasteiger partial charge is 0.242 e. The quantitative estimate of drug-likeness (QED) is 0.692. The Morgan fingerprint density at radius 3 is 2.53 bits per heavy atom. The second kappa shape index (κ2) is 4.70. The molecule has 0 amide bonds. The number of hydrogen-bond donors (Lipinski definition) is 0. The minimum atomic E-state index is -1.65. The molecule has 0 unspecified atom stereocenters. The van der Waals surface area contributed by atoms with E-state index in [1.54, 1.807) is 6.20 Å². The van der Waals surface area contributed by atoms with E-state index in [2.05, 4.69) is 56.5 Å². The number of rotatable bonds is 2. The van der Waals surface area contributed by atoms with Gasteiger partial charge in [0.15, 0.2) is 0 Å². The molecule has 17 heavy (non-hydrogen) atoms. The molecule has 1 aromatic heterocycles. The zero-order valence-electron chi connectivity index (χ0n) is 9.92. The van der Waals surface area contributed by atoms with Crippen molar-refractivity contribution in [2.24, 2.45) is 0 Å². The molecule has 1 heterocycles. The first-order valence-corrected chi connectivity index (χ1v) is 10.3. The minimum absolute atomic E-state index is 0.850. The molecule has 2 rings (SSSR count). The zero-order chi connectivity index (χ0) is 12.6. The predicted molar refractivity (Wildman–Crippen MR) is 81.1 cm³/mol. The third-order valence-corrected chi connectivity index (χ3v) is 4.22. The summed E-state index contributed by atoms with van der Waals surface area (Å²) in [6.45, 7) is 6.49. The SMILES string of the molecule is C[Si](C)(C)Oc1c(Br)cc(Br)c2cccnc12. The van der Waals surface area contributed by atoms with E-state index in [0.29, 0.717) is 0 Å². The molecule has 0 radical (unpaired) electrons. The molecule has 5 heteroatoms. The Hall–Kier alpha value is -0.393. The number of halogens is 2. The van der Waals surface area contributed by atoms with Gasteiger partial charge in [-0.3, -0.25) is 4.98 Å². The van der Waals surface area contributed by atoms with Crippen LogP contribution in [-0.4, -0.2) is 13.3 Å². The highest BCUT2D eigenvalue weighted by atomic mass is 79.9. The van der Waals surface area contributed by atoms with Gasteiger partial charge in [-0.2, -0.15) is 0 Å². The number of hydrogen-bond acceptors (Lipinski definition) is 2. The van der Waals surface area contributed by atoms with Crippen LogP contribution in [0.5, 0.6) is 5.75 Å². The third-order valence-electron chi connectivity index (χ3n) is 2.16. The summed E-state index contributed by atoms with van der Waals surface area (Å²) < 4.78 is 8.08. The van der Waals surface area contributed by atoms with Crippen molar-refractivity contribution < 1.29 is 4.43 Å². The van der Waals surface area contributed by atoms with Crippen LogP contribution in [0.15, 0.2) is 33.3 Å². The lowest BCUT2D eigenvalue weighted by molar-refractivity contribution is 0.559. The molecule has 0 N–H and O–H groups in total. The van der Waals surface area contributed by atoms with E-state index in [0.717, 1.165) is 25.6 Å². The largest absolute Gasteiger partial charge is 0.542 e. The fourth-order valence-electron chi connectivity index (χ4n) is 1.55. The van der Waals surface area contributed by atoms with Gasteiger partial charge in [-0.25, -0.2) is 0 Å². The summed E-state index contributed by atoms with van der Waals surface area (Å²) in [6, 6.07) is 5.98. The number of benzene rings is 1. The Morgan fingerprint density at radius 1 is 1.18 bits per heavy atom. The average molecular weight is 375 g/mol. The van der Waals surface area contributed by atoms with Crippen molar-refractivity contribution in [2.45, 2.75) is 19.6 Å². The van der Waals surface area contributed by atoms with E-state index in [4.69, 9.17) is 4.43 Å². The van der Waals surface area contributed by atoms with Crippen molar-refractivity contribution in [1.82, 2.24) is 4.98 Å². The van der Waals surface area contributed by atoms with Crippen LogP contribution >= 0.6 is 31.9 Å². The van der Waals surface area contributed by atoms with Crippen LogP contribution in [0.4, 0.5) is 0 Å². The first-order valence-electron chi connectivity index (χ1n) is 5.30. The molecule has 2 aromatic rings. The van der Waals surface area contributed by atoms with Crippen molar-refractivity contribution in [3.05, 3.63) is 33.3 Å². The standard InChI is InChI=1S/C12H13Br2NOSi/c1-17(2,3)16-12-10(14)7-9(13)8-5-4-6-15-11(8)12/h4-7H,1-3H3. The van der Waals surface area contributed by atoms with Gasteiger partial charge in [-0.1, -0.05) is 22.0 Å². The molecule has 2 nitrogen and oxygen atoms in total. The maximum absolute atomic E-state index is 6.11. The van der Waals surface area contributed by atoms with Crippen LogP contribution in [-0.2, 0) is 0 Å². The van der Waals surface area contributed by atoms with Crippen molar-refractivity contribution >= 4 is 51.1 Å². The first-order chi connectivity index (χ1) is 7.88. The molecule has 0 fully saturated rings. The predicted octanol–water partition coefficient (Wildman–Crippen LogP) is 4.97. The molecular formula is C12H13Br2NOSi. The van der Waals surface area contributed by atoms with Gasteiger partial charge in [0.1, 0.15) is 11.3 Å². The molecule has 0 atom stereocenters. The summed E-state index contributed by atoms with van der Waals surface area (Å²) >= 11 is 7.10. The van der Waals surface area contributed by atoms with Crippen LogP contribution in [0.25, 0.3) is 10.9 Å². The summed E-state index contributed by atoms with van der Waals surface area (Å²) in [5.41, 5.74) is 0.899. The third kappa shape index (κ3) is 2.89. The van der Waals surface area contributed by atoms with Gasteiger partial charge in [0, 0.05) is 16.1 Å². The van der Waals surface area contributed by atoms with Gasteiger partial charge in [0.25, 0.3) is 0 Å². The van der Waals surface area contributed by atoms with E-state index in [9.17, 15) is 0 Å². The molecule has 0 spiro atoms. The number of aromatic nitrogens is 1. The minimum Gasteiger partial charge on any atom is -0.542 e. The molecule has 0 bridgehead atoms. The molecule has 0 aliphatic carbocycles. The molecule has 0 saturated heterocycles. The number of nitrogens with zero attached hydrogens (tertiary/aromatic N) is 1. The molecular weight excluding hydrogens is 362 g/mol. The van der Waals surface area contributed by atoms with E-state index in [1.165, 1.54) is 0 Å². The Labute approximate surface area is 119 Å². The maximum Gasteiger partial charge on any atom is 0.242 e. The van der Waals surface area contributed by atoms with Crippen LogP contribution in [0, 0.1) is 0 Å². The molecule has 1 aromatic carbocycles. The van der Waals surface area contributed by atoms with Gasteiger partial charge in [0.05, 0.1) is 4.47 Å². The Bertz CT molecular complexity index is 566. The molecule has 90 valence electrons. The van der Waals surface area contributed by atoms with Gasteiger partial charge < -0.3 is 4.43 Å². The number of fused-ring (bicyclic) bond motifs is 1. The summed E-state index contributed by atoms with van der Waals surface area (Å²) in [5, 5.41) is 1.07. The lowest BCUT2D eigenvalue weighted by Gasteiger charge is -2.21. The summed E-state index contributed by atoms with van der Waals surface area (Å²) in [5.74, 6) is 0.850. The molecule has 0 aliphatic rings. The van der Waals surface area contributed by atoms with Crippen molar-refractivity contribution in [1.29, 1.82) is 0 Å². The van der Waals surface area contributed by atoms with Crippen LogP contribution in [0.2, 0.25) is 19.6 Å². The highest BCUT2D eigenvalue weighted by molar-refractivity contribution is 9.11. The Morgan fingerprint density at radius 2 is 1.88 bits per heavy atom. The van der Waals surface area contributed by atoms with Gasteiger partial charge >= 0.3 is 0 Å². The monoisotopic (exact) mass is 373 g/mol. The van der Waals surface area contributed by atoms with E-state index < -0.39 is 8.32 Å². The highest BCUT2D eigenvalue weighted by Crippen LogP contribution is 2.38. The van der Waals surface area contributed by atoms with Gasteiger partial charge in [-0.05, 0) is 47.7 Å². The zero-order valence-corrected chi connectivity index (χ0v) is 14.1. The highest BCUT2D eigenvalue weighted by Gasteiger charge is 2.21. The second-order valence-corrected chi connectivity index (χ2v) is 10.9. The molecule has 0 saturated carbocycles. The van der Waals surface area contributed by atoms with Crippen molar-refractivity contribution in [3.63, 3.8) is 0 Å². The molecule has 0 aliphatic heterocycles. The summed E-state index contributed by atoms with van der Waals surface area (Å²) in [4.78, 5) is 4.42. The van der Waals surface area contributed by atoms with E-state index in [1.807, 2.05) is 18.2 Å². The fraction of sp³-hybridized carbons (Fsp3) is 0.250. The van der Waals surface area contributed by atoms with E-state index in [-0.39, 0.29) is 0 Å². The van der Waals surface area contributed by atoms with Gasteiger partial charge in [-0.15, -0.1) is 0 Å². The Balaban J connectivity index is 2.69. The van der Waals surface area contributed by atoms with Crippen LogP contribution in [0.3, 0.4) is 0 Å². The Kier molecular flexibility index (Phi) is 3.61. The lowest BCUT2D eigenvalue weighted by Crippen LogP contribution is -2.29. The second-order valence-electron chi connectivity index (χ2n) is 4.78. The average Bonchev–Trinajstić information content (AvgIpc) is 2.23. The summed E-state index contributed by atoms with van der Waals surface area (Å²) in [7, 11) is -1.65. The van der Waals surface area contributed by atoms with Crippen molar-refractivity contribution in [2.75, 3.05) is 0 Å². The van der Waals surface area contributed by atoms with Gasteiger partial charge in [0.2, 0.25) is 8.32 Å². The topological polar surface area (TPSA) is 22.1 Å². The van der Waals surface area contributed by atoms with Crippen molar-refractivity contribution in [3.8, 4) is 5.75 Å². The van der Waals surface area contributed by atoms with Crippen LogP contribution in [0.1, 0.15) is 0 Å².